The summed E-state index contributed by atoms with van der Waals surface area (Å²) in [5.41, 5.74) is 6.16. The summed E-state index contributed by atoms with van der Waals surface area (Å²) in [4.78, 5) is 27.1. The van der Waals surface area contributed by atoms with Crippen molar-refractivity contribution in [3.05, 3.63) is 30.1 Å². The molecule has 1 atom stereocenters. The Kier molecular flexibility index (Phi) is 8.92. The van der Waals surface area contributed by atoms with Crippen molar-refractivity contribution in [2.75, 3.05) is 13.1 Å². The number of hydrogen-bond donors (Lipinski definition) is 3. The van der Waals surface area contributed by atoms with Crippen LogP contribution in [0.3, 0.4) is 0 Å². The lowest BCUT2D eigenvalue weighted by atomic mass is 10.2. The van der Waals surface area contributed by atoms with Crippen LogP contribution in [-0.2, 0) is 4.79 Å². The number of amides is 2. The Morgan fingerprint density at radius 1 is 1.29 bits per heavy atom. The van der Waals surface area contributed by atoms with Crippen molar-refractivity contribution in [2.24, 2.45) is 11.7 Å². The van der Waals surface area contributed by atoms with Crippen LogP contribution in [0.2, 0.25) is 0 Å². The molecule has 0 radical (unpaired) electrons. The number of halogens is 2. The van der Waals surface area contributed by atoms with Gasteiger partial charge in [-0.05, 0) is 30.9 Å². The fourth-order valence-electron chi connectivity index (χ4n) is 1.73. The number of nitrogens with one attached hydrogen (secondary N) is 2. The molecular formula is C13H20Cl2N4O2. The van der Waals surface area contributed by atoms with Crippen LogP contribution in [0.25, 0.3) is 0 Å². The second kappa shape index (κ2) is 9.55. The number of nitrogens with two attached hydrogens (primary N) is 1. The Balaban J connectivity index is 0.00000200. The minimum absolute atomic E-state index is 0. The maximum Gasteiger partial charge on any atom is 0.270 e. The zero-order valence-corrected chi connectivity index (χ0v) is 13.1. The molecule has 1 unspecified atom stereocenters. The fraction of sp³-hybridized carbons (Fsp3) is 0.462. The molecule has 0 aromatic carbocycles. The van der Waals surface area contributed by atoms with Gasteiger partial charge in [0.05, 0.1) is 6.54 Å². The summed E-state index contributed by atoms with van der Waals surface area (Å²) in [5.74, 6) is -0.0500. The first kappa shape index (κ1) is 19.6. The summed E-state index contributed by atoms with van der Waals surface area (Å²) in [6.07, 6.45) is 3.82. The van der Waals surface area contributed by atoms with Gasteiger partial charge in [0.15, 0.2) is 0 Å². The Morgan fingerprint density at radius 3 is 2.57 bits per heavy atom. The number of hydrogen-bond acceptors (Lipinski definition) is 4. The highest BCUT2D eigenvalue weighted by molar-refractivity contribution is 5.94. The molecule has 4 N–H and O–H groups in total. The van der Waals surface area contributed by atoms with Gasteiger partial charge in [0.25, 0.3) is 5.91 Å². The van der Waals surface area contributed by atoms with Gasteiger partial charge in [-0.3, -0.25) is 14.6 Å². The minimum Gasteiger partial charge on any atom is -0.353 e. The van der Waals surface area contributed by atoms with Crippen LogP contribution >= 0.6 is 24.8 Å². The average molecular weight is 335 g/mol. The third-order valence-corrected chi connectivity index (χ3v) is 3.07. The maximum absolute atomic E-state index is 11.6. The molecule has 0 bridgehead atoms. The predicted molar refractivity (Wildman–Crippen MR) is 84.8 cm³/mol. The largest absolute Gasteiger partial charge is 0.353 e. The van der Waals surface area contributed by atoms with E-state index in [2.05, 4.69) is 15.6 Å². The van der Waals surface area contributed by atoms with Crippen molar-refractivity contribution < 1.29 is 9.59 Å². The first-order valence-electron chi connectivity index (χ1n) is 6.38. The van der Waals surface area contributed by atoms with Gasteiger partial charge < -0.3 is 16.4 Å². The molecule has 2 rings (SSSR count). The fourth-order valence-corrected chi connectivity index (χ4v) is 1.73. The van der Waals surface area contributed by atoms with Crippen LogP contribution in [0.15, 0.2) is 24.4 Å². The van der Waals surface area contributed by atoms with E-state index in [-0.39, 0.29) is 49.2 Å². The van der Waals surface area contributed by atoms with Crippen molar-refractivity contribution in [3.63, 3.8) is 0 Å². The van der Waals surface area contributed by atoms with Gasteiger partial charge in [0, 0.05) is 18.8 Å². The highest BCUT2D eigenvalue weighted by Crippen LogP contribution is 2.31. The van der Waals surface area contributed by atoms with Crippen LogP contribution < -0.4 is 16.4 Å². The monoisotopic (exact) mass is 334 g/mol. The van der Waals surface area contributed by atoms with E-state index in [0.29, 0.717) is 18.2 Å². The summed E-state index contributed by atoms with van der Waals surface area (Å²) in [5, 5.41) is 5.22. The van der Waals surface area contributed by atoms with Gasteiger partial charge in [-0.25, -0.2) is 0 Å². The van der Waals surface area contributed by atoms with Gasteiger partial charge in [0.1, 0.15) is 5.69 Å². The third kappa shape index (κ3) is 6.75. The van der Waals surface area contributed by atoms with Crippen LogP contribution in [0.1, 0.15) is 23.3 Å². The topological polar surface area (TPSA) is 97.1 Å². The summed E-state index contributed by atoms with van der Waals surface area (Å²) >= 11 is 0. The zero-order chi connectivity index (χ0) is 13.7. The Morgan fingerprint density at radius 2 is 2.00 bits per heavy atom. The van der Waals surface area contributed by atoms with Gasteiger partial charge in [-0.2, -0.15) is 0 Å². The van der Waals surface area contributed by atoms with Gasteiger partial charge >= 0.3 is 0 Å². The number of aromatic nitrogens is 1. The van der Waals surface area contributed by atoms with E-state index >= 15 is 0 Å². The van der Waals surface area contributed by atoms with Crippen molar-refractivity contribution in [1.82, 2.24) is 15.6 Å². The molecule has 2 amide bonds. The molecule has 1 heterocycles. The summed E-state index contributed by atoms with van der Waals surface area (Å²) in [6, 6.07) is 5.06. The molecular weight excluding hydrogens is 315 g/mol. The number of rotatable bonds is 6. The SMILES string of the molecule is Cl.Cl.NC(CNC(=O)CNC(=O)c1ccccn1)C1CC1. The number of nitrogens with zero attached hydrogens (tertiary/aromatic N) is 1. The molecule has 118 valence electrons. The van der Waals surface area contributed by atoms with E-state index in [1.54, 1.807) is 18.2 Å². The van der Waals surface area contributed by atoms with E-state index in [0.717, 1.165) is 12.8 Å². The van der Waals surface area contributed by atoms with E-state index in [1.807, 2.05) is 0 Å². The first-order chi connectivity index (χ1) is 9.16. The van der Waals surface area contributed by atoms with Gasteiger partial charge in [-0.1, -0.05) is 6.07 Å². The van der Waals surface area contributed by atoms with Crippen molar-refractivity contribution in [3.8, 4) is 0 Å². The molecule has 0 spiro atoms. The van der Waals surface area contributed by atoms with Crippen molar-refractivity contribution in [2.45, 2.75) is 18.9 Å². The summed E-state index contributed by atoms with van der Waals surface area (Å²) < 4.78 is 0. The summed E-state index contributed by atoms with van der Waals surface area (Å²) in [7, 11) is 0. The first-order valence-corrected chi connectivity index (χ1v) is 6.38. The quantitative estimate of drug-likeness (QED) is 0.706. The standard InChI is InChI=1S/C13H18N4O2.2ClH/c14-10(9-4-5-9)7-16-12(18)8-17-13(19)11-3-1-2-6-15-11;;/h1-3,6,9-10H,4-5,7-8,14H2,(H,16,18)(H,17,19);2*1H. The van der Waals surface area contributed by atoms with Crippen LogP contribution in [-0.4, -0.2) is 35.9 Å². The zero-order valence-electron chi connectivity index (χ0n) is 11.5. The summed E-state index contributed by atoms with van der Waals surface area (Å²) in [6.45, 7) is 0.399. The van der Waals surface area contributed by atoms with Crippen LogP contribution in [0, 0.1) is 5.92 Å². The molecule has 1 saturated carbocycles. The van der Waals surface area contributed by atoms with E-state index in [1.165, 1.54) is 6.20 Å². The van der Waals surface area contributed by atoms with Gasteiger partial charge in [-0.15, -0.1) is 24.8 Å². The van der Waals surface area contributed by atoms with Crippen LogP contribution in [0.5, 0.6) is 0 Å². The smallest absolute Gasteiger partial charge is 0.270 e. The molecule has 1 fully saturated rings. The predicted octanol–water partition coefficient (Wildman–Crippen LogP) is 0.508. The molecule has 1 aliphatic carbocycles. The maximum atomic E-state index is 11.6. The highest BCUT2D eigenvalue weighted by Gasteiger charge is 2.28. The Labute approximate surface area is 136 Å². The minimum atomic E-state index is -0.359. The number of pyridine rings is 1. The molecule has 1 aliphatic rings. The molecule has 0 aliphatic heterocycles. The number of carbonyl (C=O) groups is 2. The molecule has 8 heteroatoms. The van der Waals surface area contributed by atoms with E-state index < -0.39 is 0 Å². The van der Waals surface area contributed by atoms with Gasteiger partial charge in [0.2, 0.25) is 5.91 Å². The van der Waals surface area contributed by atoms with E-state index in [9.17, 15) is 9.59 Å². The average Bonchev–Trinajstić information content (AvgIpc) is 3.27. The molecule has 6 nitrogen and oxygen atoms in total. The Hall–Kier alpha value is -1.37. The lowest BCUT2D eigenvalue weighted by Gasteiger charge is -2.11. The van der Waals surface area contributed by atoms with Crippen molar-refractivity contribution >= 4 is 36.6 Å². The lowest BCUT2D eigenvalue weighted by Crippen LogP contribution is -2.43. The molecule has 21 heavy (non-hydrogen) atoms. The highest BCUT2D eigenvalue weighted by atomic mass is 35.5. The Bertz CT molecular complexity index is 455. The third-order valence-electron chi connectivity index (χ3n) is 3.07. The molecule has 1 aromatic rings. The second-order valence-corrected chi connectivity index (χ2v) is 4.70. The van der Waals surface area contributed by atoms with E-state index in [4.69, 9.17) is 5.73 Å². The second-order valence-electron chi connectivity index (χ2n) is 4.70. The lowest BCUT2D eigenvalue weighted by molar-refractivity contribution is -0.120. The number of carbonyl (C=O) groups excluding carboxylic acids is 2. The molecule has 1 aromatic heterocycles. The van der Waals surface area contributed by atoms with Crippen LogP contribution in [0.4, 0.5) is 0 Å². The normalized spacial score (nSPS) is 14.1. The van der Waals surface area contributed by atoms with Crippen molar-refractivity contribution in [1.29, 1.82) is 0 Å². The molecule has 0 saturated heterocycles.